The summed E-state index contributed by atoms with van der Waals surface area (Å²) in [5.41, 5.74) is 6.17. The van der Waals surface area contributed by atoms with Gasteiger partial charge in [-0.25, -0.2) is 9.37 Å². The van der Waals surface area contributed by atoms with Crippen LogP contribution in [0.2, 0.25) is 0 Å². The number of benzene rings is 1. The van der Waals surface area contributed by atoms with Gasteiger partial charge in [-0.15, -0.1) is 11.3 Å². The molecule has 0 spiro atoms. The quantitative estimate of drug-likeness (QED) is 0.371. The maximum atomic E-state index is 13.9. The first-order valence-electron chi connectivity index (χ1n) is 10.2. The summed E-state index contributed by atoms with van der Waals surface area (Å²) in [6, 6.07) is 4.54. The summed E-state index contributed by atoms with van der Waals surface area (Å²) >= 11 is 1.00. The SMILES string of the molecule is Cn1ncc(NC(O)c2csc(-c3ccccc3C(F)(F)F)n2)c1[C@@H]1CC[C@@H](N)[C@H](F)CO1. The lowest BCUT2D eigenvalue weighted by Crippen LogP contribution is -2.32. The molecule has 7 nitrogen and oxygen atoms in total. The van der Waals surface area contributed by atoms with Crippen LogP contribution in [0.15, 0.2) is 35.8 Å². The number of hydrogen-bond acceptors (Lipinski definition) is 7. The van der Waals surface area contributed by atoms with Gasteiger partial charge >= 0.3 is 6.18 Å². The van der Waals surface area contributed by atoms with Crippen molar-refractivity contribution >= 4 is 17.0 Å². The molecule has 178 valence electrons. The predicted molar refractivity (Wildman–Crippen MR) is 115 cm³/mol. The number of nitrogens with zero attached hydrogens (tertiary/aromatic N) is 3. The van der Waals surface area contributed by atoms with Gasteiger partial charge in [0.25, 0.3) is 0 Å². The van der Waals surface area contributed by atoms with Gasteiger partial charge in [0.1, 0.15) is 23.0 Å². The van der Waals surface area contributed by atoms with Crippen molar-refractivity contribution < 1.29 is 27.4 Å². The Morgan fingerprint density at radius 2 is 2.06 bits per heavy atom. The van der Waals surface area contributed by atoms with E-state index in [9.17, 15) is 22.7 Å². The molecule has 33 heavy (non-hydrogen) atoms. The summed E-state index contributed by atoms with van der Waals surface area (Å²) in [6.45, 7) is -0.146. The van der Waals surface area contributed by atoms with Crippen LogP contribution in [0.1, 0.15) is 42.1 Å². The Hall–Kier alpha value is -2.54. The van der Waals surface area contributed by atoms with E-state index in [2.05, 4.69) is 15.4 Å². The Morgan fingerprint density at radius 3 is 2.82 bits per heavy atom. The van der Waals surface area contributed by atoms with E-state index in [0.29, 0.717) is 24.2 Å². The van der Waals surface area contributed by atoms with Gasteiger partial charge in [-0.3, -0.25) is 4.68 Å². The second-order valence-electron chi connectivity index (χ2n) is 7.81. The molecule has 12 heteroatoms. The number of aryl methyl sites for hydroxylation is 1. The van der Waals surface area contributed by atoms with Crippen molar-refractivity contribution in [2.24, 2.45) is 12.8 Å². The molecule has 0 bridgehead atoms. The molecule has 1 aliphatic rings. The summed E-state index contributed by atoms with van der Waals surface area (Å²) in [6.07, 6.45) is -5.19. The molecule has 4 rings (SSSR count). The number of nitrogens with two attached hydrogens (primary N) is 1. The van der Waals surface area contributed by atoms with Crippen LogP contribution < -0.4 is 11.1 Å². The van der Waals surface area contributed by atoms with Gasteiger partial charge in [-0.1, -0.05) is 18.2 Å². The van der Waals surface area contributed by atoms with Crippen LogP contribution >= 0.6 is 11.3 Å². The van der Waals surface area contributed by atoms with Gasteiger partial charge in [-0.05, 0) is 18.9 Å². The first kappa shape index (κ1) is 23.6. The molecule has 3 heterocycles. The first-order chi connectivity index (χ1) is 15.6. The molecule has 1 unspecified atom stereocenters. The Morgan fingerprint density at radius 1 is 1.30 bits per heavy atom. The third-order valence-corrected chi connectivity index (χ3v) is 6.42. The molecule has 1 fully saturated rings. The van der Waals surface area contributed by atoms with E-state index in [1.54, 1.807) is 11.7 Å². The highest BCUT2D eigenvalue weighted by Gasteiger charge is 2.34. The molecular weight excluding hydrogens is 462 g/mol. The molecule has 0 radical (unpaired) electrons. The molecule has 2 aromatic heterocycles. The first-order valence-corrected chi connectivity index (χ1v) is 11.1. The second-order valence-corrected chi connectivity index (χ2v) is 8.67. The average Bonchev–Trinajstić information content (AvgIpc) is 3.36. The number of alkyl halides is 4. The Bertz CT molecular complexity index is 1090. The van der Waals surface area contributed by atoms with Crippen molar-refractivity contribution in [3.63, 3.8) is 0 Å². The van der Waals surface area contributed by atoms with Crippen molar-refractivity contribution in [2.75, 3.05) is 11.9 Å². The average molecular weight is 486 g/mol. The Labute approximate surface area is 191 Å². The van der Waals surface area contributed by atoms with Crippen LogP contribution in [-0.2, 0) is 18.0 Å². The summed E-state index contributed by atoms with van der Waals surface area (Å²) in [4.78, 5) is 4.22. The summed E-state index contributed by atoms with van der Waals surface area (Å²) in [5.74, 6) is 0. The molecule has 0 saturated carbocycles. The predicted octanol–water partition coefficient (Wildman–Crippen LogP) is 4.18. The number of hydrogen-bond donors (Lipinski definition) is 3. The third-order valence-electron chi connectivity index (χ3n) is 5.53. The topological polar surface area (TPSA) is 98.2 Å². The van der Waals surface area contributed by atoms with Crippen molar-refractivity contribution in [1.82, 2.24) is 14.8 Å². The van der Waals surface area contributed by atoms with Gasteiger partial charge in [0, 0.05) is 24.0 Å². The minimum atomic E-state index is -4.52. The Balaban J connectivity index is 1.55. The Kier molecular flexibility index (Phi) is 6.71. The number of nitrogens with one attached hydrogen (secondary N) is 1. The number of rotatable bonds is 5. The van der Waals surface area contributed by atoms with Crippen molar-refractivity contribution in [1.29, 1.82) is 0 Å². The fraction of sp³-hybridized carbons (Fsp3) is 0.429. The fourth-order valence-corrected chi connectivity index (χ4v) is 4.65. The number of aliphatic hydroxyl groups excluding tert-OH is 1. The number of thiazole rings is 1. The van der Waals surface area contributed by atoms with Gasteiger partial charge in [0.15, 0.2) is 6.23 Å². The number of ether oxygens (including phenoxy) is 1. The van der Waals surface area contributed by atoms with Gasteiger partial charge in [-0.2, -0.15) is 18.3 Å². The zero-order valence-electron chi connectivity index (χ0n) is 17.6. The highest BCUT2D eigenvalue weighted by atomic mass is 32.1. The van der Waals surface area contributed by atoms with Crippen molar-refractivity contribution in [3.8, 4) is 10.6 Å². The van der Waals surface area contributed by atoms with Crippen LogP contribution in [0.3, 0.4) is 0 Å². The molecule has 1 aliphatic heterocycles. The smallest absolute Gasteiger partial charge is 0.369 e. The van der Waals surface area contributed by atoms with E-state index in [1.165, 1.54) is 29.8 Å². The lowest BCUT2D eigenvalue weighted by Gasteiger charge is -2.19. The second kappa shape index (κ2) is 9.37. The van der Waals surface area contributed by atoms with Crippen molar-refractivity contribution in [3.05, 3.63) is 52.8 Å². The lowest BCUT2D eigenvalue weighted by atomic mass is 10.0. The van der Waals surface area contributed by atoms with E-state index in [-0.39, 0.29) is 22.9 Å². The summed E-state index contributed by atoms with van der Waals surface area (Å²) in [5, 5.41) is 19.4. The number of aliphatic hydroxyl groups is 1. The molecule has 0 aliphatic carbocycles. The minimum Gasteiger partial charge on any atom is -0.369 e. The van der Waals surface area contributed by atoms with Gasteiger partial charge in [0.2, 0.25) is 0 Å². The van der Waals surface area contributed by atoms with Crippen LogP contribution in [0, 0.1) is 0 Å². The maximum Gasteiger partial charge on any atom is 0.417 e. The largest absolute Gasteiger partial charge is 0.417 e. The van der Waals surface area contributed by atoms with Crippen LogP contribution in [0.4, 0.5) is 23.2 Å². The van der Waals surface area contributed by atoms with E-state index in [0.717, 1.165) is 17.4 Å². The van der Waals surface area contributed by atoms with Crippen molar-refractivity contribution in [2.45, 2.75) is 43.6 Å². The van der Waals surface area contributed by atoms with E-state index < -0.39 is 36.3 Å². The lowest BCUT2D eigenvalue weighted by molar-refractivity contribution is -0.137. The van der Waals surface area contributed by atoms with Gasteiger partial charge < -0.3 is 20.9 Å². The van der Waals surface area contributed by atoms with Gasteiger partial charge in [0.05, 0.1) is 29.7 Å². The molecule has 4 N–H and O–H groups in total. The van der Waals surface area contributed by atoms with Crippen LogP contribution in [0.25, 0.3) is 10.6 Å². The number of aromatic nitrogens is 3. The molecule has 0 amide bonds. The zero-order valence-corrected chi connectivity index (χ0v) is 18.4. The third kappa shape index (κ3) is 5.03. The van der Waals surface area contributed by atoms with Crippen LogP contribution in [0.5, 0.6) is 0 Å². The molecule has 3 aromatic rings. The van der Waals surface area contributed by atoms with E-state index >= 15 is 0 Å². The highest BCUT2D eigenvalue weighted by molar-refractivity contribution is 7.13. The summed E-state index contributed by atoms with van der Waals surface area (Å²) < 4.78 is 61.2. The normalized spacial score (nSPS) is 22.7. The maximum absolute atomic E-state index is 13.9. The van der Waals surface area contributed by atoms with E-state index in [1.807, 2.05) is 0 Å². The molecular formula is C21H23F4N5O2S. The molecule has 1 aromatic carbocycles. The fourth-order valence-electron chi connectivity index (χ4n) is 3.77. The summed E-state index contributed by atoms with van der Waals surface area (Å²) in [7, 11) is 1.70. The van der Waals surface area contributed by atoms with Crippen LogP contribution in [-0.4, -0.2) is 38.7 Å². The number of anilines is 1. The zero-order chi connectivity index (χ0) is 23.8. The van der Waals surface area contributed by atoms with E-state index in [4.69, 9.17) is 10.5 Å². The molecule has 4 atom stereocenters. The number of halogens is 4. The minimum absolute atomic E-state index is 0.0560. The monoisotopic (exact) mass is 485 g/mol. The molecule has 1 saturated heterocycles. The standard InChI is InChI=1S/C21H23F4N5O2S/c1-30-18(17-7-6-14(26)13(22)9-32-17)15(8-27-30)28-19(31)16-10-33-20(29-16)11-4-2-3-5-12(11)21(23,24)25/h2-5,8,10,13-14,17,19,28,31H,6-7,9,26H2,1H3/t13-,14-,17+,19?/m1/s1. The highest BCUT2D eigenvalue weighted by Crippen LogP contribution is 2.39.